The summed E-state index contributed by atoms with van der Waals surface area (Å²) < 4.78 is 1.10. The monoisotopic (exact) mass is 301 g/mol. The topological polar surface area (TPSA) is 84.2 Å². The number of aliphatic hydroxyl groups excluding tert-OH is 1. The van der Waals surface area contributed by atoms with Crippen molar-refractivity contribution in [2.75, 3.05) is 0 Å². The van der Waals surface area contributed by atoms with E-state index < -0.39 is 18.1 Å². The fourth-order valence-corrected chi connectivity index (χ4v) is 2.03. The van der Waals surface area contributed by atoms with Crippen molar-refractivity contribution in [3.05, 3.63) is 64.1 Å². The van der Waals surface area contributed by atoms with Crippen LogP contribution in [0.1, 0.15) is 23.0 Å². The molecular weight excluding hydrogens is 282 g/mol. The summed E-state index contributed by atoms with van der Waals surface area (Å²) in [5.41, 5.74) is 0.853. The number of hydrogen-bond acceptors (Lipinski definition) is 4. The molecule has 116 valence electrons. The Kier molecular flexibility index (Phi) is 5.06. The molecule has 0 saturated carbocycles. The minimum atomic E-state index is -0.709. The van der Waals surface area contributed by atoms with E-state index in [0.717, 1.165) is 10.2 Å². The molecule has 0 aliphatic rings. The van der Waals surface area contributed by atoms with Crippen molar-refractivity contribution in [3.8, 4) is 0 Å². The third-order valence-corrected chi connectivity index (χ3v) is 3.42. The lowest BCUT2D eigenvalue weighted by Gasteiger charge is -2.20. The van der Waals surface area contributed by atoms with Gasteiger partial charge in [-0.3, -0.25) is 9.59 Å². The number of amides is 1. The number of aryl methyl sites for hydroxylation is 1. The second kappa shape index (κ2) is 7.00. The molecule has 2 aromatic rings. The van der Waals surface area contributed by atoms with E-state index in [0.29, 0.717) is 6.42 Å². The summed E-state index contributed by atoms with van der Waals surface area (Å²) in [6, 6.07) is 11.8. The summed E-state index contributed by atoms with van der Waals surface area (Å²) in [6.45, 7) is 1.73. The molecule has 1 heterocycles. The van der Waals surface area contributed by atoms with Crippen molar-refractivity contribution < 1.29 is 9.90 Å². The summed E-state index contributed by atoms with van der Waals surface area (Å²) in [4.78, 5) is 23.3. The zero-order valence-electron chi connectivity index (χ0n) is 12.6. The molecule has 22 heavy (non-hydrogen) atoms. The predicted molar refractivity (Wildman–Crippen MR) is 82.6 cm³/mol. The summed E-state index contributed by atoms with van der Waals surface area (Å²) in [7, 11) is 1.48. The van der Waals surface area contributed by atoms with Crippen LogP contribution in [0.15, 0.2) is 47.3 Å². The van der Waals surface area contributed by atoms with E-state index in [1.54, 1.807) is 6.92 Å². The highest BCUT2D eigenvalue weighted by atomic mass is 16.3. The highest BCUT2D eigenvalue weighted by molar-refractivity contribution is 5.92. The van der Waals surface area contributed by atoms with Gasteiger partial charge in [0.25, 0.3) is 11.5 Å². The largest absolute Gasteiger partial charge is 0.391 e. The van der Waals surface area contributed by atoms with Crippen molar-refractivity contribution in [1.29, 1.82) is 0 Å². The first kappa shape index (κ1) is 15.9. The van der Waals surface area contributed by atoms with Crippen LogP contribution >= 0.6 is 0 Å². The number of carbonyl (C=O) groups is 1. The van der Waals surface area contributed by atoms with Crippen molar-refractivity contribution in [2.24, 2.45) is 7.05 Å². The number of aromatic nitrogens is 2. The number of nitrogens with zero attached hydrogens (tertiary/aromatic N) is 2. The van der Waals surface area contributed by atoms with E-state index in [-0.39, 0.29) is 11.3 Å². The summed E-state index contributed by atoms with van der Waals surface area (Å²) in [5.74, 6) is -0.421. The van der Waals surface area contributed by atoms with Crippen LogP contribution in [0.3, 0.4) is 0 Å². The molecule has 2 rings (SSSR count). The van der Waals surface area contributed by atoms with Crippen LogP contribution in [0.4, 0.5) is 0 Å². The molecule has 0 radical (unpaired) electrons. The average Bonchev–Trinajstić information content (AvgIpc) is 2.50. The van der Waals surface area contributed by atoms with Gasteiger partial charge in [-0.05, 0) is 18.6 Å². The minimum Gasteiger partial charge on any atom is -0.391 e. The van der Waals surface area contributed by atoms with Gasteiger partial charge in [0, 0.05) is 19.5 Å². The average molecular weight is 301 g/mol. The molecule has 6 heteroatoms. The van der Waals surface area contributed by atoms with E-state index in [1.165, 1.54) is 19.2 Å². The van der Waals surface area contributed by atoms with Gasteiger partial charge in [-0.2, -0.15) is 5.10 Å². The number of carbonyl (C=O) groups excluding carboxylic acids is 1. The van der Waals surface area contributed by atoms with E-state index in [9.17, 15) is 14.7 Å². The molecule has 0 spiro atoms. The standard InChI is InChI=1S/C16H19N3O3/c1-11(14(20)10-12-6-4-3-5-7-12)17-16(22)13-8-9-15(21)19(2)18-13/h3-9,11,14,20H,10H2,1-2H3,(H,17,22). The number of benzene rings is 1. The van der Waals surface area contributed by atoms with Crippen LogP contribution in [-0.4, -0.2) is 32.9 Å². The predicted octanol–water partition coefficient (Wildman–Crippen LogP) is 0.502. The summed E-state index contributed by atoms with van der Waals surface area (Å²) in [6.07, 6.45) is -0.262. The molecule has 2 N–H and O–H groups in total. The first-order valence-corrected chi connectivity index (χ1v) is 7.04. The van der Waals surface area contributed by atoms with Crippen LogP contribution in [0, 0.1) is 0 Å². The molecule has 1 aromatic heterocycles. The first-order chi connectivity index (χ1) is 10.5. The Morgan fingerprint density at radius 2 is 1.95 bits per heavy atom. The maximum Gasteiger partial charge on any atom is 0.272 e. The van der Waals surface area contributed by atoms with Crippen LogP contribution in [0.25, 0.3) is 0 Å². The van der Waals surface area contributed by atoms with Gasteiger partial charge < -0.3 is 10.4 Å². The highest BCUT2D eigenvalue weighted by Crippen LogP contribution is 2.06. The first-order valence-electron chi connectivity index (χ1n) is 7.04. The molecule has 0 saturated heterocycles. The van der Waals surface area contributed by atoms with Gasteiger partial charge >= 0.3 is 0 Å². The smallest absolute Gasteiger partial charge is 0.272 e. The van der Waals surface area contributed by atoms with E-state index in [4.69, 9.17) is 0 Å². The van der Waals surface area contributed by atoms with E-state index in [2.05, 4.69) is 10.4 Å². The number of hydrogen-bond donors (Lipinski definition) is 2. The Balaban J connectivity index is 1.98. The maximum atomic E-state index is 12.1. The number of rotatable bonds is 5. The van der Waals surface area contributed by atoms with Crippen molar-refractivity contribution in [2.45, 2.75) is 25.5 Å². The number of nitrogens with one attached hydrogen (secondary N) is 1. The van der Waals surface area contributed by atoms with Gasteiger partial charge in [-0.15, -0.1) is 0 Å². The molecule has 2 unspecified atom stereocenters. The van der Waals surface area contributed by atoms with Crippen molar-refractivity contribution in [3.63, 3.8) is 0 Å². The van der Waals surface area contributed by atoms with Crippen molar-refractivity contribution >= 4 is 5.91 Å². The fourth-order valence-electron chi connectivity index (χ4n) is 2.03. The van der Waals surface area contributed by atoms with E-state index in [1.807, 2.05) is 30.3 Å². The second-order valence-electron chi connectivity index (χ2n) is 5.20. The van der Waals surface area contributed by atoms with Gasteiger partial charge in [0.2, 0.25) is 0 Å². The maximum absolute atomic E-state index is 12.1. The minimum absolute atomic E-state index is 0.140. The fraction of sp³-hybridized carbons (Fsp3) is 0.312. The highest BCUT2D eigenvalue weighted by Gasteiger charge is 2.18. The van der Waals surface area contributed by atoms with Crippen LogP contribution in [-0.2, 0) is 13.5 Å². The molecule has 6 nitrogen and oxygen atoms in total. The molecule has 1 amide bonds. The van der Waals surface area contributed by atoms with Gasteiger partial charge in [0.05, 0.1) is 12.1 Å². The molecule has 2 atom stereocenters. The van der Waals surface area contributed by atoms with Crippen molar-refractivity contribution in [1.82, 2.24) is 15.1 Å². The SMILES string of the molecule is CC(NC(=O)c1ccc(=O)n(C)n1)C(O)Cc1ccccc1. The lowest BCUT2D eigenvalue weighted by atomic mass is 10.0. The van der Waals surface area contributed by atoms with E-state index >= 15 is 0 Å². The van der Waals surface area contributed by atoms with Gasteiger partial charge in [-0.1, -0.05) is 30.3 Å². The summed E-state index contributed by atoms with van der Waals surface area (Å²) >= 11 is 0. The Morgan fingerprint density at radius 1 is 1.27 bits per heavy atom. The second-order valence-corrected chi connectivity index (χ2v) is 5.20. The Hall–Kier alpha value is -2.47. The molecular formula is C16H19N3O3. The van der Waals surface area contributed by atoms with Gasteiger partial charge in [-0.25, -0.2) is 4.68 Å². The Bertz CT molecular complexity index is 697. The Morgan fingerprint density at radius 3 is 2.59 bits per heavy atom. The molecule has 0 bridgehead atoms. The molecule has 0 aliphatic carbocycles. The van der Waals surface area contributed by atoms with Crippen LogP contribution in [0.2, 0.25) is 0 Å². The van der Waals surface area contributed by atoms with Gasteiger partial charge in [0.15, 0.2) is 0 Å². The summed E-state index contributed by atoms with van der Waals surface area (Å²) in [5, 5.41) is 16.8. The lowest BCUT2D eigenvalue weighted by Crippen LogP contribution is -2.42. The van der Waals surface area contributed by atoms with Gasteiger partial charge in [0.1, 0.15) is 5.69 Å². The zero-order valence-corrected chi connectivity index (χ0v) is 12.6. The number of aliphatic hydroxyl groups is 1. The third kappa shape index (κ3) is 4.02. The molecule has 1 aromatic carbocycles. The molecule has 0 fully saturated rings. The quantitative estimate of drug-likeness (QED) is 0.842. The van der Waals surface area contributed by atoms with Crippen LogP contribution in [0.5, 0.6) is 0 Å². The normalized spacial score (nSPS) is 13.4. The molecule has 0 aliphatic heterocycles. The lowest BCUT2D eigenvalue weighted by molar-refractivity contribution is 0.0845. The Labute approximate surface area is 128 Å². The van der Waals surface area contributed by atoms with Crippen LogP contribution < -0.4 is 10.9 Å². The zero-order chi connectivity index (χ0) is 16.1. The third-order valence-electron chi connectivity index (χ3n) is 3.42.